The van der Waals surface area contributed by atoms with Gasteiger partial charge in [-0.25, -0.2) is 0 Å². The van der Waals surface area contributed by atoms with Crippen LogP contribution in [-0.2, 0) is 9.31 Å². The summed E-state index contributed by atoms with van der Waals surface area (Å²) < 4.78 is 18.4. The minimum absolute atomic E-state index is 0.326. The fraction of sp³-hybridized carbons (Fsp3) is 0.545. The van der Waals surface area contributed by atoms with Gasteiger partial charge in [-0.3, -0.25) is 4.90 Å². The van der Waals surface area contributed by atoms with Crippen LogP contribution in [0.2, 0.25) is 0 Å². The third-order valence-corrected chi connectivity index (χ3v) is 6.24. The van der Waals surface area contributed by atoms with Gasteiger partial charge >= 0.3 is 7.12 Å². The van der Waals surface area contributed by atoms with E-state index in [0.717, 1.165) is 29.8 Å². The molecule has 4 nitrogen and oxygen atoms in total. The molecule has 2 heterocycles. The van der Waals surface area contributed by atoms with Gasteiger partial charge in [-0.05, 0) is 82.0 Å². The van der Waals surface area contributed by atoms with Crippen molar-refractivity contribution >= 4 is 23.4 Å². The van der Waals surface area contributed by atoms with E-state index in [0.29, 0.717) is 0 Å². The summed E-state index contributed by atoms with van der Waals surface area (Å²) in [5, 5.41) is 2.35. The van der Waals surface area contributed by atoms with E-state index in [1.54, 1.807) is 0 Å². The van der Waals surface area contributed by atoms with Crippen molar-refractivity contribution in [2.45, 2.75) is 51.7 Å². The lowest BCUT2D eigenvalue weighted by molar-refractivity contribution is 0.00578. The number of hydrogen-bond donors (Lipinski definition) is 0. The molecule has 2 aromatic rings. The highest BCUT2D eigenvalue weighted by atomic mass is 16.7. The molecule has 2 aromatic carbocycles. The summed E-state index contributed by atoms with van der Waals surface area (Å²) in [4.78, 5) is 2.47. The zero-order valence-corrected chi connectivity index (χ0v) is 17.0. The Balaban J connectivity index is 1.48. The molecule has 0 radical (unpaired) electrons. The molecule has 0 amide bonds. The number of fused-ring (bicyclic) bond motifs is 1. The summed E-state index contributed by atoms with van der Waals surface area (Å²) in [6.45, 7) is 12.5. The fourth-order valence-electron chi connectivity index (χ4n) is 3.76. The molecule has 0 spiro atoms. The van der Waals surface area contributed by atoms with E-state index >= 15 is 0 Å². The molecule has 4 rings (SSSR count). The molecule has 0 aliphatic carbocycles. The Labute approximate surface area is 162 Å². The summed E-state index contributed by atoms with van der Waals surface area (Å²) in [7, 11) is -0.334. The third kappa shape index (κ3) is 3.87. The van der Waals surface area contributed by atoms with Crippen molar-refractivity contribution in [1.82, 2.24) is 4.90 Å². The van der Waals surface area contributed by atoms with Crippen LogP contribution < -0.4 is 10.2 Å². The summed E-state index contributed by atoms with van der Waals surface area (Å²) >= 11 is 0. The number of likely N-dealkylation sites (tertiary alicyclic amines) is 1. The van der Waals surface area contributed by atoms with Gasteiger partial charge in [0.05, 0.1) is 11.2 Å². The second-order valence-electron chi connectivity index (χ2n) is 8.75. The second kappa shape index (κ2) is 7.12. The Morgan fingerprint density at radius 3 is 2.30 bits per heavy atom. The normalized spacial score (nSPS) is 21.9. The van der Waals surface area contributed by atoms with Crippen LogP contribution in [-0.4, -0.2) is 49.5 Å². The molecule has 27 heavy (non-hydrogen) atoms. The van der Waals surface area contributed by atoms with E-state index in [-0.39, 0.29) is 18.3 Å². The lowest BCUT2D eigenvalue weighted by Crippen LogP contribution is -2.41. The van der Waals surface area contributed by atoms with Gasteiger partial charge in [-0.15, -0.1) is 0 Å². The van der Waals surface area contributed by atoms with Crippen LogP contribution in [0.1, 0.15) is 40.5 Å². The largest absolute Gasteiger partial charge is 0.494 e. The van der Waals surface area contributed by atoms with Crippen molar-refractivity contribution < 1.29 is 14.0 Å². The highest BCUT2D eigenvalue weighted by Crippen LogP contribution is 2.36. The van der Waals surface area contributed by atoms with Gasteiger partial charge in [0.15, 0.2) is 0 Å². The Kier molecular flexibility index (Phi) is 4.95. The van der Waals surface area contributed by atoms with Crippen LogP contribution in [0.5, 0.6) is 5.75 Å². The Morgan fingerprint density at radius 1 is 0.926 bits per heavy atom. The van der Waals surface area contributed by atoms with Crippen molar-refractivity contribution in [2.24, 2.45) is 0 Å². The van der Waals surface area contributed by atoms with Crippen LogP contribution in [0.25, 0.3) is 10.8 Å². The zero-order chi connectivity index (χ0) is 19.1. The Morgan fingerprint density at radius 2 is 1.59 bits per heavy atom. The zero-order valence-electron chi connectivity index (χ0n) is 17.0. The van der Waals surface area contributed by atoms with Crippen LogP contribution in [0.3, 0.4) is 0 Å². The highest BCUT2D eigenvalue weighted by Gasteiger charge is 2.51. The average Bonchev–Trinajstić information content (AvgIpc) is 3.20. The van der Waals surface area contributed by atoms with Crippen molar-refractivity contribution in [3.63, 3.8) is 0 Å². The topological polar surface area (TPSA) is 30.9 Å². The van der Waals surface area contributed by atoms with Crippen molar-refractivity contribution in [3.8, 4) is 5.75 Å². The number of rotatable bonds is 5. The molecule has 0 unspecified atom stereocenters. The third-order valence-electron chi connectivity index (χ3n) is 6.24. The quantitative estimate of drug-likeness (QED) is 0.756. The van der Waals surface area contributed by atoms with Gasteiger partial charge in [0.25, 0.3) is 0 Å². The molecule has 0 atom stereocenters. The molecule has 5 heteroatoms. The molecular weight excluding hydrogens is 337 g/mol. The lowest BCUT2D eigenvalue weighted by atomic mass is 9.78. The van der Waals surface area contributed by atoms with Crippen LogP contribution >= 0.6 is 0 Å². The SMILES string of the molecule is CC1(C)OB(c2ccc3ccc(OCCN4CCCC4)cc3c2)OC1(C)C. The number of hydrogen-bond acceptors (Lipinski definition) is 4. The molecule has 2 aliphatic heterocycles. The second-order valence-corrected chi connectivity index (χ2v) is 8.75. The van der Waals surface area contributed by atoms with Gasteiger partial charge in [-0.2, -0.15) is 0 Å². The standard InChI is InChI=1S/C22H30BNO3/c1-21(2)22(3,4)27-23(26-21)19-9-7-17-8-10-20(16-18(17)15-19)25-14-13-24-11-5-6-12-24/h7-10,15-16H,5-6,11-14H2,1-4H3. The van der Waals surface area contributed by atoms with E-state index in [2.05, 4.69) is 69.0 Å². The summed E-state index contributed by atoms with van der Waals surface area (Å²) in [5.41, 5.74) is 0.399. The van der Waals surface area contributed by atoms with Crippen LogP contribution in [0, 0.1) is 0 Å². The number of nitrogens with zero attached hydrogens (tertiary/aromatic N) is 1. The van der Waals surface area contributed by atoms with E-state index in [9.17, 15) is 0 Å². The highest BCUT2D eigenvalue weighted by molar-refractivity contribution is 6.62. The molecule has 144 valence electrons. The molecule has 0 N–H and O–H groups in total. The first kappa shape index (κ1) is 18.8. The monoisotopic (exact) mass is 367 g/mol. The Bertz CT molecular complexity index is 798. The molecule has 2 fully saturated rings. The summed E-state index contributed by atoms with van der Waals surface area (Å²) in [6.07, 6.45) is 2.63. The van der Waals surface area contributed by atoms with Gasteiger partial charge in [0.2, 0.25) is 0 Å². The molecular formula is C22H30BNO3. The minimum Gasteiger partial charge on any atom is -0.492 e. The molecule has 0 aromatic heterocycles. The maximum atomic E-state index is 6.19. The first-order valence-corrected chi connectivity index (χ1v) is 10.1. The first-order valence-electron chi connectivity index (χ1n) is 10.1. The van der Waals surface area contributed by atoms with Crippen molar-refractivity contribution in [3.05, 3.63) is 36.4 Å². The molecule has 2 saturated heterocycles. The van der Waals surface area contributed by atoms with Gasteiger partial charge < -0.3 is 14.0 Å². The molecule has 0 saturated carbocycles. The lowest BCUT2D eigenvalue weighted by Gasteiger charge is -2.32. The van der Waals surface area contributed by atoms with Gasteiger partial charge in [0, 0.05) is 6.54 Å². The summed E-state index contributed by atoms with van der Waals surface area (Å²) in [5.74, 6) is 0.924. The van der Waals surface area contributed by atoms with E-state index in [1.807, 2.05) is 0 Å². The summed E-state index contributed by atoms with van der Waals surface area (Å²) in [6, 6.07) is 12.7. The van der Waals surface area contributed by atoms with Gasteiger partial charge in [0.1, 0.15) is 12.4 Å². The molecule has 0 bridgehead atoms. The van der Waals surface area contributed by atoms with Crippen LogP contribution in [0.15, 0.2) is 36.4 Å². The minimum atomic E-state index is -0.334. The Hall–Kier alpha value is -1.56. The smallest absolute Gasteiger partial charge is 0.492 e. The predicted octanol–water partition coefficient (Wildman–Crippen LogP) is 3.61. The maximum absolute atomic E-state index is 6.19. The maximum Gasteiger partial charge on any atom is 0.494 e. The average molecular weight is 367 g/mol. The fourth-order valence-corrected chi connectivity index (χ4v) is 3.76. The predicted molar refractivity (Wildman–Crippen MR) is 111 cm³/mol. The first-order chi connectivity index (χ1) is 12.8. The van der Waals surface area contributed by atoms with E-state index < -0.39 is 0 Å². The number of benzene rings is 2. The van der Waals surface area contributed by atoms with Gasteiger partial charge in [-0.1, -0.05) is 24.3 Å². The number of ether oxygens (including phenoxy) is 1. The molecule has 2 aliphatic rings. The van der Waals surface area contributed by atoms with Crippen molar-refractivity contribution in [2.75, 3.05) is 26.2 Å². The van der Waals surface area contributed by atoms with Crippen molar-refractivity contribution in [1.29, 1.82) is 0 Å². The van der Waals surface area contributed by atoms with Crippen LogP contribution in [0.4, 0.5) is 0 Å². The van der Waals surface area contributed by atoms with E-state index in [1.165, 1.54) is 31.3 Å². The van der Waals surface area contributed by atoms with E-state index in [4.69, 9.17) is 14.0 Å².